The standard InChI is InChI=1S/C19H29N3O3/c1-4-7-18(23)21-16-11-10-14(12-17(16)25-3)20-19(24)13-22(2)15-8-5-6-9-15/h10-12,15H,4-9,13H2,1-3H3,(H,20,24)(H,21,23). The third-order valence-corrected chi connectivity index (χ3v) is 4.58. The number of amides is 2. The van der Waals surface area contributed by atoms with Gasteiger partial charge in [0.05, 0.1) is 19.3 Å². The number of likely N-dealkylation sites (N-methyl/N-ethyl adjacent to an activating group) is 1. The summed E-state index contributed by atoms with van der Waals surface area (Å²) in [6.45, 7) is 2.33. The van der Waals surface area contributed by atoms with Crippen LogP contribution in [0.1, 0.15) is 45.4 Å². The van der Waals surface area contributed by atoms with Gasteiger partial charge in [-0.1, -0.05) is 19.8 Å². The minimum atomic E-state index is -0.0456. The van der Waals surface area contributed by atoms with Crippen molar-refractivity contribution in [3.63, 3.8) is 0 Å². The van der Waals surface area contributed by atoms with E-state index in [9.17, 15) is 9.59 Å². The normalized spacial score (nSPS) is 14.6. The molecule has 1 aliphatic rings. The first-order valence-corrected chi connectivity index (χ1v) is 9.01. The van der Waals surface area contributed by atoms with Gasteiger partial charge >= 0.3 is 0 Å². The van der Waals surface area contributed by atoms with Gasteiger partial charge in [-0.3, -0.25) is 14.5 Å². The Morgan fingerprint density at radius 1 is 1.20 bits per heavy atom. The van der Waals surface area contributed by atoms with Crippen molar-refractivity contribution in [3.05, 3.63) is 18.2 Å². The average Bonchev–Trinajstić information content (AvgIpc) is 3.11. The number of hydrogen-bond acceptors (Lipinski definition) is 4. The Bertz CT molecular complexity index is 598. The predicted octanol–water partition coefficient (Wildman–Crippen LogP) is 3.25. The van der Waals surface area contributed by atoms with Gasteiger partial charge in [0.15, 0.2) is 0 Å². The van der Waals surface area contributed by atoms with E-state index in [1.54, 1.807) is 25.3 Å². The highest BCUT2D eigenvalue weighted by atomic mass is 16.5. The fourth-order valence-electron chi connectivity index (χ4n) is 3.21. The highest BCUT2D eigenvalue weighted by Crippen LogP contribution is 2.28. The summed E-state index contributed by atoms with van der Waals surface area (Å²) in [4.78, 5) is 26.1. The molecule has 0 radical (unpaired) electrons. The second-order valence-electron chi connectivity index (χ2n) is 6.61. The van der Waals surface area contributed by atoms with Crippen molar-refractivity contribution in [2.75, 3.05) is 31.3 Å². The molecule has 138 valence electrons. The molecule has 2 rings (SSSR count). The molecule has 6 nitrogen and oxygen atoms in total. The summed E-state index contributed by atoms with van der Waals surface area (Å²) in [7, 11) is 3.55. The maximum atomic E-state index is 12.3. The van der Waals surface area contributed by atoms with Crippen LogP contribution in [0.2, 0.25) is 0 Å². The molecule has 0 spiro atoms. The number of methoxy groups -OCH3 is 1. The molecule has 2 N–H and O–H groups in total. The molecule has 0 saturated heterocycles. The van der Waals surface area contributed by atoms with E-state index < -0.39 is 0 Å². The molecule has 0 unspecified atom stereocenters. The Balaban J connectivity index is 1.94. The number of benzene rings is 1. The number of nitrogens with zero attached hydrogens (tertiary/aromatic N) is 1. The SMILES string of the molecule is CCCC(=O)Nc1ccc(NC(=O)CN(C)C2CCCC2)cc1OC. The smallest absolute Gasteiger partial charge is 0.238 e. The van der Waals surface area contributed by atoms with Gasteiger partial charge in [-0.15, -0.1) is 0 Å². The Morgan fingerprint density at radius 2 is 1.92 bits per heavy atom. The molecule has 0 aromatic heterocycles. The molecule has 1 saturated carbocycles. The van der Waals surface area contributed by atoms with Gasteiger partial charge in [-0.25, -0.2) is 0 Å². The summed E-state index contributed by atoms with van der Waals surface area (Å²) in [5.74, 6) is 0.446. The number of ether oxygens (including phenoxy) is 1. The van der Waals surface area contributed by atoms with Crippen molar-refractivity contribution in [1.82, 2.24) is 4.90 Å². The Kier molecular flexibility index (Phi) is 7.25. The Labute approximate surface area is 149 Å². The van der Waals surface area contributed by atoms with Crippen molar-refractivity contribution in [3.8, 4) is 5.75 Å². The van der Waals surface area contributed by atoms with Crippen LogP contribution in [0.5, 0.6) is 5.75 Å². The third kappa shape index (κ3) is 5.74. The fraction of sp³-hybridized carbons (Fsp3) is 0.579. The summed E-state index contributed by atoms with van der Waals surface area (Å²) >= 11 is 0. The van der Waals surface area contributed by atoms with Gasteiger partial charge in [-0.05, 0) is 38.4 Å². The van der Waals surface area contributed by atoms with E-state index in [4.69, 9.17) is 4.74 Å². The Hall–Kier alpha value is -2.08. The molecular formula is C19H29N3O3. The quantitative estimate of drug-likeness (QED) is 0.757. The second-order valence-corrected chi connectivity index (χ2v) is 6.61. The van der Waals surface area contributed by atoms with Crippen LogP contribution < -0.4 is 15.4 Å². The van der Waals surface area contributed by atoms with Crippen molar-refractivity contribution in [2.24, 2.45) is 0 Å². The maximum Gasteiger partial charge on any atom is 0.238 e. The molecule has 0 bridgehead atoms. The predicted molar refractivity (Wildman–Crippen MR) is 100 cm³/mol. The number of nitrogens with one attached hydrogen (secondary N) is 2. The molecule has 6 heteroatoms. The van der Waals surface area contributed by atoms with E-state index in [0.29, 0.717) is 36.1 Å². The maximum absolute atomic E-state index is 12.3. The molecule has 1 fully saturated rings. The van der Waals surface area contributed by atoms with E-state index >= 15 is 0 Å². The van der Waals surface area contributed by atoms with Crippen LogP contribution in [0.15, 0.2) is 18.2 Å². The van der Waals surface area contributed by atoms with E-state index in [1.807, 2.05) is 14.0 Å². The number of carbonyl (C=O) groups is 2. The van der Waals surface area contributed by atoms with E-state index in [-0.39, 0.29) is 11.8 Å². The molecule has 0 atom stereocenters. The molecular weight excluding hydrogens is 318 g/mol. The van der Waals surface area contributed by atoms with Crippen LogP contribution in [0, 0.1) is 0 Å². The highest BCUT2D eigenvalue weighted by Gasteiger charge is 2.21. The minimum Gasteiger partial charge on any atom is -0.494 e. The molecule has 1 aromatic carbocycles. The van der Waals surface area contributed by atoms with E-state index in [0.717, 1.165) is 6.42 Å². The van der Waals surface area contributed by atoms with Crippen LogP contribution in [0.25, 0.3) is 0 Å². The van der Waals surface area contributed by atoms with Gasteiger partial charge in [0.25, 0.3) is 0 Å². The molecule has 0 aliphatic heterocycles. The zero-order chi connectivity index (χ0) is 18.2. The summed E-state index contributed by atoms with van der Waals surface area (Å²) in [6.07, 6.45) is 6.09. The van der Waals surface area contributed by atoms with E-state index in [1.165, 1.54) is 25.7 Å². The molecule has 1 aromatic rings. The average molecular weight is 347 g/mol. The summed E-state index contributed by atoms with van der Waals surface area (Å²) < 4.78 is 5.33. The zero-order valence-electron chi connectivity index (χ0n) is 15.4. The fourth-order valence-corrected chi connectivity index (χ4v) is 3.21. The number of carbonyl (C=O) groups excluding carboxylic acids is 2. The van der Waals surface area contributed by atoms with Gasteiger partial charge in [0, 0.05) is 24.2 Å². The molecule has 25 heavy (non-hydrogen) atoms. The first kappa shape index (κ1) is 19.2. The first-order chi connectivity index (χ1) is 12.0. The minimum absolute atomic E-state index is 0.0424. The van der Waals surface area contributed by atoms with E-state index in [2.05, 4.69) is 15.5 Å². The third-order valence-electron chi connectivity index (χ3n) is 4.58. The van der Waals surface area contributed by atoms with Crippen LogP contribution in [0.3, 0.4) is 0 Å². The van der Waals surface area contributed by atoms with Gasteiger partial charge < -0.3 is 15.4 Å². The first-order valence-electron chi connectivity index (χ1n) is 9.01. The number of anilines is 2. The van der Waals surface area contributed by atoms with Crippen LogP contribution >= 0.6 is 0 Å². The zero-order valence-corrected chi connectivity index (χ0v) is 15.4. The number of rotatable bonds is 8. The molecule has 0 heterocycles. The van der Waals surface area contributed by atoms with Crippen molar-refractivity contribution in [2.45, 2.75) is 51.5 Å². The van der Waals surface area contributed by atoms with Crippen molar-refractivity contribution >= 4 is 23.2 Å². The van der Waals surface area contributed by atoms with Crippen molar-refractivity contribution < 1.29 is 14.3 Å². The lowest BCUT2D eigenvalue weighted by atomic mass is 10.2. The van der Waals surface area contributed by atoms with Crippen LogP contribution in [-0.2, 0) is 9.59 Å². The molecule has 1 aliphatic carbocycles. The lowest BCUT2D eigenvalue weighted by molar-refractivity contribution is -0.117. The van der Waals surface area contributed by atoms with Gasteiger partial charge in [-0.2, -0.15) is 0 Å². The van der Waals surface area contributed by atoms with Crippen molar-refractivity contribution in [1.29, 1.82) is 0 Å². The second kappa shape index (κ2) is 9.42. The van der Waals surface area contributed by atoms with Gasteiger partial charge in [0.1, 0.15) is 5.75 Å². The largest absolute Gasteiger partial charge is 0.494 e. The summed E-state index contributed by atoms with van der Waals surface area (Å²) in [5, 5.41) is 5.73. The monoisotopic (exact) mass is 347 g/mol. The Morgan fingerprint density at radius 3 is 2.56 bits per heavy atom. The van der Waals surface area contributed by atoms with Crippen LogP contribution in [-0.4, -0.2) is 43.5 Å². The highest BCUT2D eigenvalue weighted by molar-refractivity contribution is 5.95. The number of hydrogen-bond donors (Lipinski definition) is 2. The van der Waals surface area contributed by atoms with Gasteiger partial charge in [0.2, 0.25) is 11.8 Å². The topological polar surface area (TPSA) is 70.7 Å². The van der Waals surface area contributed by atoms with Crippen LogP contribution in [0.4, 0.5) is 11.4 Å². The lowest BCUT2D eigenvalue weighted by Crippen LogP contribution is -2.36. The summed E-state index contributed by atoms with van der Waals surface area (Å²) in [5.41, 5.74) is 1.28. The molecule has 2 amide bonds. The lowest BCUT2D eigenvalue weighted by Gasteiger charge is -2.23. The summed E-state index contributed by atoms with van der Waals surface area (Å²) in [6, 6.07) is 5.77.